The lowest BCUT2D eigenvalue weighted by molar-refractivity contribution is -0.131. The first-order valence-electron chi connectivity index (χ1n) is 8.03. The van der Waals surface area contributed by atoms with E-state index in [9.17, 15) is 4.79 Å². The molecule has 132 valence electrons. The van der Waals surface area contributed by atoms with Gasteiger partial charge in [-0.2, -0.15) is 0 Å². The van der Waals surface area contributed by atoms with Gasteiger partial charge in [-0.3, -0.25) is 4.79 Å². The lowest BCUT2D eigenvalue weighted by Gasteiger charge is -2.27. The van der Waals surface area contributed by atoms with Gasteiger partial charge in [0, 0.05) is 0 Å². The van der Waals surface area contributed by atoms with Crippen molar-refractivity contribution in [2.24, 2.45) is 0 Å². The van der Waals surface area contributed by atoms with Crippen molar-refractivity contribution in [3.63, 3.8) is 0 Å². The first-order chi connectivity index (χ1) is 12.1. The Bertz CT molecular complexity index is 761. The zero-order chi connectivity index (χ0) is 17.8. The number of methoxy groups -OCH3 is 2. The summed E-state index contributed by atoms with van der Waals surface area (Å²) in [6, 6.07) is 12.6. The summed E-state index contributed by atoms with van der Waals surface area (Å²) in [5.74, 6) is 2.27. The quantitative estimate of drug-likeness (QED) is 0.904. The monoisotopic (exact) mass is 343 g/mol. The second-order valence-corrected chi connectivity index (χ2v) is 5.71. The molecule has 0 aromatic heterocycles. The molecule has 0 bridgehead atoms. The highest BCUT2D eigenvalue weighted by molar-refractivity contribution is 5.82. The molecule has 1 aliphatic heterocycles. The van der Waals surface area contributed by atoms with Gasteiger partial charge in [0.2, 0.25) is 6.10 Å². The fourth-order valence-corrected chi connectivity index (χ4v) is 2.66. The molecule has 6 nitrogen and oxygen atoms in total. The lowest BCUT2D eigenvalue weighted by Crippen LogP contribution is -2.44. The number of carbonyl (C=O) groups excluding carboxylic acids is 1. The second kappa shape index (κ2) is 7.34. The third-order valence-electron chi connectivity index (χ3n) is 4.07. The highest BCUT2D eigenvalue weighted by Gasteiger charge is 2.28. The van der Waals surface area contributed by atoms with Crippen LogP contribution in [0.3, 0.4) is 0 Å². The van der Waals surface area contributed by atoms with Crippen LogP contribution in [0.25, 0.3) is 0 Å². The summed E-state index contributed by atoms with van der Waals surface area (Å²) in [7, 11) is 3.16. The number of hydrogen-bond donors (Lipinski definition) is 1. The Morgan fingerprint density at radius 2 is 1.84 bits per heavy atom. The molecule has 0 fully saturated rings. The molecule has 1 heterocycles. The minimum absolute atomic E-state index is 0.182. The van der Waals surface area contributed by atoms with Crippen LogP contribution in [0.15, 0.2) is 42.5 Å². The number of rotatable bonds is 5. The summed E-state index contributed by atoms with van der Waals surface area (Å²) in [5.41, 5.74) is 0.906. The number of hydrogen-bond acceptors (Lipinski definition) is 5. The summed E-state index contributed by atoms with van der Waals surface area (Å²) in [6.45, 7) is 2.08. The number of amides is 1. The van der Waals surface area contributed by atoms with Gasteiger partial charge in [0.1, 0.15) is 6.61 Å². The van der Waals surface area contributed by atoms with Crippen molar-refractivity contribution in [3.8, 4) is 23.0 Å². The minimum atomic E-state index is -0.683. The Balaban J connectivity index is 1.67. The van der Waals surface area contributed by atoms with Crippen LogP contribution in [-0.2, 0) is 4.79 Å². The van der Waals surface area contributed by atoms with E-state index >= 15 is 0 Å². The van der Waals surface area contributed by atoms with Gasteiger partial charge < -0.3 is 24.3 Å². The highest BCUT2D eigenvalue weighted by Crippen LogP contribution is 2.32. The first kappa shape index (κ1) is 17.0. The molecule has 0 spiro atoms. The summed E-state index contributed by atoms with van der Waals surface area (Å²) < 4.78 is 21.9. The molecule has 25 heavy (non-hydrogen) atoms. The number of ether oxygens (including phenoxy) is 4. The maximum atomic E-state index is 12.5. The standard InChI is InChI=1S/C19H21NO5/c1-12(13-8-9-14(22-2)17(10-13)23-3)20-19(21)18-11-24-15-6-4-5-7-16(15)25-18/h4-10,12,18H,11H2,1-3H3,(H,20,21)/t12-,18+/m1/s1. The van der Waals surface area contributed by atoms with Crippen molar-refractivity contribution < 1.29 is 23.7 Å². The predicted molar refractivity (Wildman–Crippen MR) is 92.5 cm³/mol. The third kappa shape index (κ3) is 3.63. The van der Waals surface area contributed by atoms with Crippen molar-refractivity contribution in [2.75, 3.05) is 20.8 Å². The molecule has 2 atom stereocenters. The third-order valence-corrected chi connectivity index (χ3v) is 4.07. The number of nitrogens with one attached hydrogen (secondary N) is 1. The summed E-state index contributed by atoms with van der Waals surface area (Å²) in [4.78, 5) is 12.5. The Morgan fingerprint density at radius 3 is 2.56 bits per heavy atom. The number of benzene rings is 2. The van der Waals surface area contributed by atoms with Crippen molar-refractivity contribution in [1.29, 1.82) is 0 Å². The van der Waals surface area contributed by atoms with Crippen LogP contribution >= 0.6 is 0 Å². The average molecular weight is 343 g/mol. The molecule has 0 radical (unpaired) electrons. The van der Waals surface area contributed by atoms with Crippen LogP contribution in [-0.4, -0.2) is 32.8 Å². The van der Waals surface area contributed by atoms with Gasteiger partial charge in [-0.15, -0.1) is 0 Å². The maximum Gasteiger partial charge on any atom is 0.265 e. The van der Waals surface area contributed by atoms with E-state index in [0.717, 1.165) is 5.56 Å². The zero-order valence-electron chi connectivity index (χ0n) is 14.4. The molecule has 1 amide bonds. The number of fused-ring (bicyclic) bond motifs is 1. The summed E-state index contributed by atoms with van der Waals surface area (Å²) in [5, 5.41) is 2.95. The molecular formula is C19H21NO5. The van der Waals surface area contributed by atoms with Crippen molar-refractivity contribution >= 4 is 5.91 Å². The van der Waals surface area contributed by atoms with Crippen LogP contribution in [0.4, 0.5) is 0 Å². The van der Waals surface area contributed by atoms with Gasteiger partial charge >= 0.3 is 0 Å². The van der Waals surface area contributed by atoms with E-state index in [1.54, 1.807) is 20.3 Å². The van der Waals surface area contributed by atoms with Gasteiger partial charge in [0.25, 0.3) is 5.91 Å². The van der Waals surface area contributed by atoms with Crippen molar-refractivity contribution in [2.45, 2.75) is 19.1 Å². The summed E-state index contributed by atoms with van der Waals surface area (Å²) >= 11 is 0. The van der Waals surface area contributed by atoms with E-state index in [0.29, 0.717) is 23.0 Å². The topological polar surface area (TPSA) is 66.0 Å². The zero-order valence-corrected chi connectivity index (χ0v) is 14.4. The Morgan fingerprint density at radius 1 is 1.12 bits per heavy atom. The maximum absolute atomic E-state index is 12.5. The van der Waals surface area contributed by atoms with Crippen LogP contribution in [0.5, 0.6) is 23.0 Å². The fourth-order valence-electron chi connectivity index (χ4n) is 2.66. The highest BCUT2D eigenvalue weighted by atomic mass is 16.6. The normalized spacial score (nSPS) is 16.7. The molecule has 2 aromatic carbocycles. The predicted octanol–water partition coefficient (Wildman–Crippen LogP) is 2.72. The average Bonchev–Trinajstić information content (AvgIpc) is 2.66. The minimum Gasteiger partial charge on any atom is -0.493 e. The van der Waals surface area contributed by atoms with Gasteiger partial charge in [-0.25, -0.2) is 0 Å². The Kier molecular flexibility index (Phi) is 4.97. The molecule has 3 rings (SSSR count). The smallest absolute Gasteiger partial charge is 0.265 e. The second-order valence-electron chi connectivity index (χ2n) is 5.71. The van der Waals surface area contributed by atoms with Crippen LogP contribution < -0.4 is 24.3 Å². The molecule has 1 N–H and O–H groups in total. The molecule has 0 aliphatic carbocycles. The van der Waals surface area contributed by atoms with Gasteiger partial charge in [0.05, 0.1) is 20.3 Å². The van der Waals surface area contributed by atoms with Crippen LogP contribution in [0.2, 0.25) is 0 Å². The molecular weight excluding hydrogens is 322 g/mol. The van der Waals surface area contributed by atoms with E-state index in [-0.39, 0.29) is 18.6 Å². The number of carbonyl (C=O) groups is 1. The largest absolute Gasteiger partial charge is 0.493 e. The molecule has 6 heteroatoms. The molecule has 0 unspecified atom stereocenters. The lowest BCUT2D eigenvalue weighted by atomic mass is 10.1. The Hall–Kier alpha value is -2.89. The molecule has 0 saturated heterocycles. The molecule has 2 aromatic rings. The van der Waals surface area contributed by atoms with E-state index in [2.05, 4.69) is 5.32 Å². The van der Waals surface area contributed by atoms with E-state index < -0.39 is 6.10 Å². The van der Waals surface area contributed by atoms with Crippen molar-refractivity contribution in [3.05, 3.63) is 48.0 Å². The van der Waals surface area contributed by atoms with E-state index in [1.165, 1.54) is 0 Å². The SMILES string of the molecule is COc1ccc([C@@H](C)NC(=O)[C@@H]2COc3ccccc3O2)cc1OC. The van der Waals surface area contributed by atoms with Gasteiger partial charge in [-0.1, -0.05) is 18.2 Å². The molecule has 0 saturated carbocycles. The van der Waals surface area contributed by atoms with E-state index in [4.69, 9.17) is 18.9 Å². The fraction of sp³-hybridized carbons (Fsp3) is 0.316. The van der Waals surface area contributed by atoms with Gasteiger partial charge in [-0.05, 0) is 36.8 Å². The van der Waals surface area contributed by atoms with E-state index in [1.807, 2.05) is 43.3 Å². The van der Waals surface area contributed by atoms with Gasteiger partial charge in [0.15, 0.2) is 23.0 Å². The Labute approximate surface area is 146 Å². The van der Waals surface area contributed by atoms with Crippen molar-refractivity contribution in [1.82, 2.24) is 5.32 Å². The molecule has 1 aliphatic rings. The van der Waals surface area contributed by atoms with Crippen LogP contribution in [0.1, 0.15) is 18.5 Å². The van der Waals surface area contributed by atoms with Crippen LogP contribution in [0, 0.1) is 0 Å². The summed E-state index contributed by atoms with van der Waals surface area (Å²) in [6.07, 6.45) is -0.683. The number of para-hydroxylation sites is 2. The first-order valence-corrected chi connectivity index (χ1v) is 8.03.